The first-order valence-electron chi connectivity index (χ1n) is 0.730. The molecule has 0 aromatic heterocycles. The van der Waals surface area contributed by atoms with Crippen LogP contribution in [0.25, 0.3) is 0 Å². The van der Waals surface area contributed by atoms with E-state index >= 15 is 0 Å². The van der Waals surface area contributed by atoms with Crippen molar-refractivity contribution in [1.82, 2.24) is 0 Å². The number of hydrogen-bond acceptors (Lipinski definition) is 4. The third-order valence-electron chi connectivity index (χ3n) is 0. The van der Waals surface area contributed by atoms with Gasteiger partial charge in [-0.2, -0.15) is 0 Å². The zero-order valence-electron chi connectivity index (χ0n) is 5.08. The van der Waals surface area contributed by atoms with E-state index in [1.165, 1.54) is 0 Å². The maximum absolute atomic E-state index is 8.61. The minimum atomic E-state index is -5.88. The summed E-state index contributed by atoms with van der Waals surface area (Å²) < 4.78 is 34.4. The minimum Gasteiger partial charge on any atom is 1.00 e. The Morgan fingerprint density at radius 2 is 0.889 bits per heavy atom. The van der Waals surface area contributed by atoms with Gasteiger partial charge in [-0.3, -0.25) is 0 Å². The van der Waals surface area contributed by atoms with Gasteiger partial charge in [0.2, 0.25) is 0 Å². The SMILES string of the molecule is C.O=[As]([O-])([O-])[O-].[Na+].[Na+].[Na+]. The Kier molecular flexibility index (Phi) is 45.2. The summed E-state index contributed by atoms with van der Waals surface area (Å²) in [7, 11) is 0. The van der Waals surface area contributed by atoms with E-state index in [1.54, 1.807) is 0 Å². The molecule has 0 rings (SSSR count). The molecule has 0 fully saturated rings. The van der Waals surface area contributed by atoms with Crippen molar-refractivity contribution in [3.63, 3.8) is 0 Å². The molecule has 0 amide bonds. The van der Waals surface area contributed by atoms with E-state index in [4.69, 9.17) is 16.0 Å². The maximum Gasteiger partial charge on any atom is 1.00 e. The van der Waals surface area contributed by atoms with Crippen LogP contribution in [0.2, 0.25) is 0 Å². The topological polar surface area (TPSA) is 86.2 Å². The van der Waals surface area contributed by atoms with Crippen LogP contribution in [0.5, 0.6) is 0 Å². The van der Waals surface area contributed by atoms with Crippen LogP contribution in [0.3, 0.4) is 0 Å². The van der Waals surface area contributed by atoms with Crippen molar-refractivity contribution in [3.8, 4) is 0 Å². The molecule has 0 N–H and O–H groups in total. The molecule has 0 heterocycles. The monoisotopic (exact) mass is 224 g/mol. The van der Waals surface area contributed by atoms with Gasteiger partial charge >= 0.3 is 119 Å². The summed E-state index contributed by atoms with van der Waals surface area (Å²) in [6.07, 6.45) is 0. The predicted octanol–water partition coefficient (Wildman–Crippen LogP) is -12.4. The van der Waals surface area contributed by atoms with Crippen LogP contribution in [0, 0.1) is 0 Å². The van der Waals surface area contributed by atoms with E-state index in [9.17, 15) is 0 Å². The molecule has 4 nitrogen and oxygen atoms in total. The summed E-state index contributed by atoms with van der Waals surface area (Å²) >= 11 is -5.88. The summed E-state index contributed by atoms with van der Waals surface area (Å²) in [5, 5.41) is 0. The van der Waals surface area contributed by atoms with Crippen LogP contribution in [-0.4, -0.2) is 14.5 Å². The first-order valence-corrected chi connectivity index (χ1v) is 3.79. The van der Waals surface area contributed by atoms with E-state index < -0.39 is 14.5 Å². The molecular weight excluding hydrogens is 220 g/mol. The summed E-state index contributed by atoms with van der Waals surface area (Å²) in [6, 6.07) is 0. The van der Waals surface area contributed by atoms with Crippen LogP contribution < -0.4 is 101 Å². The Bertz CT molecular complexity index is 61.9. The Morgan fingerprint density at radius 3 is 0.889 bits per heavy atom. The van der Waals surface area contributed by atoms with Gasteiger partial charge in [0.15, 0.2) is 0 Å². The Labute approximate surface area is 124 Å². The normalized spacial score (nSPS) is 6.56. The molecule has 40 valence electrons. The van der Waals surface area contributed by atoms with Crippen molar-refractivity contribution in [2.45, 2.75) is 7.43 Å². The van der Waals surface area contributed by atoms with Crippen molar-refractivity contribution in [3.05, 3.63) is 0 Å². The molecule has 0 aliphatic rings. The number of rotatable bonds is 0. The second-order valence-electron chi connectivity index (χ2n) is 0.447. The molecule has 0 radical (unpaired) electrons. The fourth-order valence-electron chi connectivity index (χ4n) is 0. The zero-order valence-corrected chi connectivity index (χ0v) is 13.0. The van der Waals surface area contributed by atoms with Crippen LogP contribution in [-0.2, 0) is 3.74 Å². The fourth-order valence-corrected chi connectivity index (χ4v) is 0. The fraction of sp³-hybridized carbons (Fsp3) is 1.00. The zero-order chi connectivity index (χ0) is 4.50. The molecule has 0 spiro atoms. The summed E-state index contributed by atoms with van der Waals surface area (Å²) in [6.45, 7) is 0. The van der Waals surface area contributed by atoms with Crippen molar-refractivity contribution in [2.75, 3.05) is 0 Å². The molecule has 8 heteroatoms. The second-order valence-corrected chi connectivity index (χ2v) is 2.32. The summed E-state index contributed by atoms with van der Waals surface area (Å²) in [5.41, 5.74) is 0. The van der Waals surface area contributed by atoms with Crippen molar-refractivity contribution in [1.29, 1.82) is 0 Å². The van der Waals surface area contributed by atoms with Gasteiger partial charge in [0.1, 0.15) is 0 Å². The average molecular weight is 224 g/mol. The van der Waals surface area contributed by atoms with Gasteiger partial charge in [-0.25, -0.2) is 0 Å². The van der Waals surface area contributed by atoms with Gasteiger partial charge in [0.25, 0.3) is 0 Å². The van der Waals surface area contributed by atoms with Crippen LogP contribution in [0.1, 0.15) is 7.43 Å². The maximum atomic E-state index is 8.61. The molecule has 0 aromatic rings. The van der Waals surface area contributed by atoms with E-state index in [0.29, 0.717) is 0 Å². The molecule has 0 aliphatic heterocycles. The van der Waals surface area contributed by atoms with Gasteiger partial charge in [0, 0.05) is 0 Å². The minimum absolute atomic E-state index is 0. The standard InChI is InChI=1S/CH4.AsH3O4.3Na/c;2-1(3,4)5;;;/h1H4;(H3,2,3,4,5);;;/q;;3*+1/p-3. The van der Waals surface area contributed by atoms with Gasteiger partial charge in [0.05, 0.1) is 0 Å². The van der Waals surface area contributed by atoms with E-state index in [1.807, 2.05) is 0 Å². The van der Waals surface area contributed by atoms with Crippen LogP contribution in [0.15, 0.2) is 0 Å². The summed E-state index contributed by atoms with van der Waals surface area (Å²) in [5.74, 6) is 0. The van der Waals surface area contributed by atoms with E-state index in [0.717, 1.165) is 0 Å². The third-order valence-corrected chi connectivity index (χ3v) is 0. The van der Waals surface area contributed by atoms with Gasteiger partial charge in [-0.05, 0) is 0 Å². The average Bonchev–Trinajstić information content (AvgIpc) is 0.722. The van der Waals surface area contributed by atoms with Crippen molar-refractivity contribution in [2.24, 2.45) is 0 Å². The van der Waals surface area contributed by atoms with Gasteiger partial charge in [-0.1, -0.05) is 7.43 Å². The molecule has 0 aromatic carbocycles. The molecule has 9 heavy (non-hydrogen) atoms. The predicted molar refractivity (Wildman–Crippen MR) is 13.2 cm³/mol. The molecule has 0 atom stereocenters. The van der Waals surface area contributed by atoms with E-state index in [2.05, 4.69) is 0 Å². The smallest absolute Gasteiger partial charge is 1.00 e. The Balaban J connectivity index is -0.0000000133. The van der Waals surface area contributed by atoms with Gasteiger partial charge < -0.3 is 0 Å². The first-order chi connectivity index (χ1) is 2.00. The Morgan fingerprint density at radius 1 is 0.889 bits per heavy atom. The molecule has 0 aliphatic carbocycles. The molecule has 0 bridgehead atoms. The van der Waals surface area contributed by atoms with Crippen LogP contribution >= 0.6 is 0 Å². The molecular formula is CH4AsNa3O4. The molecule has 0 saturated heterocycles. The first kappa shape index (κ1) is 29.5. The summed E-state index contributed by atoms with van der Waals surface area (Å²) in [4.78, 5) is 0. The molecule has 0 saturated carbocycles. The van der Waals surface area contributed by atoms with Gasteiger partial charge in [-0.15, -0.1) is 0 Å². The van der Waals surface area contributed by atoms with Crippen molar-refractivity contribution >= 4 is 14.5 Å². The number of hydrogen-bond donors (Lipinski definition) is 0. The third kappa shape index (κ3) is 91.5. The van der Waals surface area contributed by atoms with Crippen LogP contribution in [0.4, 0.5) is 0 Å². The Hall–Kier alpha value is 3.24. The van der Waals surface area contributed by atoms with Crippen molar-refractivity contribution < 1.29 is 105 Å². The van der Waals surface area contributed by atoms with E-state index in [-0.39, 0.29) is 96.1 Å². The molecule has 0 unspecified atom stereocenters. The quantitative estimate of drug-likeness (QED) is 0.382. The largest absolute Gasteiger partial charge is 1.00 e. The second kappa shape index (κ2) is 13.8.